The van der Waals surface area contributed by atoms with Crippen LogP contribution in [0.1, 0.15) is 0 Å². The second-order valence-electron chi connectivity index (χ2n) is 2.36. The van der Waals surface area contributed by atoms with Crippen molar-refractivity contribution in [3.8, 4) is 0 Å². The summed E-state index contributed by atoms with van der Waals surface area (Å²) in [6.07, 6.45) is 1.67. The van der Waals surface area contributed by atoms with Crippen LogP contribution >= 0.6 is 50.6 Å². The van der Waals surface area contributed by atoms with Crippen molar-refractivity contribution in [2.75, 3.05) is 6.26 Å². The summed E-state index contributed by atoms with van der Waals surface area (Å²) in [5.41, 5.74) is 5.40. The molecule has 0 aromatic carbocycles. The number of halogens is 2. The highest BCUT2D eigenvalue weighted by Gasteiger charge is 2.23. The first-order valence-electron chi connectivity index (χ1n) is 3.51. The van der Waals surface area contributed by atoms with Gasteiger partial charge in [0, 0.05) is 0 Å². The van der Waals surface area contributed by atoms with Crippen LogP contribution in [0.15, 0.2) is 14.7 Å². The third-order valence-corrected chi connectivity index (χ3v) is 6.31. The van der Waals surface area contributed by atoms with Gasteiger partial charge in [-0.15, -0.1) is 11.3 Å². The van der Waals surface area contributed by atoms with Gasteiger partial charge in [-0.3, -0.25) is 5.73 Å². The summed E-state index contributed by atoms with van der Waals surface area (Å²) in [6, 6.07) is 1.52. The monoisotopic (exact) mass is 349 g/mol. The molecule has 0 spiro atoms. The molecule has 84 valence electrons. The maximum absolute atomic E-state index is 11.7. The summed E-state index contributed by atoms with van der Waals surface area (Å²) >= 11 is 10.9. The van der Waals surface area contributed by atoms with E-state index in [1.807, 2.05) is 0 Å². The molecule has 3 N–H and O–H groups in total. The number of thiophene rings is 1. The van der Waals surface area contributed by atoms with Gasteiger partial charge < -0.3 is 0 Å². The summed E-state index contributed by atoms with van der Waals surface area (Å²) in [5.74, 6) is 0. The van der Waals surface area contributed by atoms with Crippen LogP contribution in [0.2, 0.25) is 4.34 Å². The number of thioether (sulfide) groups is 1. The SMILES string of the molecule is CSC(N)=[NH+]S(=O)(=O)c1sc(Cl)cc1Br. The average Bonchev–Trinajstić information content (AvgIpc) is 2.45. The lowest BCUT2D eigenvalue weighted by Gasteiger charge is -1.93. The largest absolute Gasteiger partial charge is 0.340 e. The lowest BCUT2D eigenvalue weighted by Crippen LogP contribution is -2.77. The van der Waals surface area contributed by atoms with Crippen LogP contribution in [-0.4, -0.2) is 19.8 Å². The number of nitrogens with one attached hydrogen (secondary N) is 1. The van der Waals surface area contributed by atoms with Crippen LogP contribution in [0.3, 0.4) is 0 Å². The molecule has 0 bridgehead atoms. The molecule has 1 aromatic rings. The van der Waals surface area contributed by atoms with E-state index in [9.17, 15) is 8.42 Å². The number of hydrogen-bond donors (Lipinski definition) is 2. The first-order valence-corrected chi connectivity index (χ1v) is 8.20. The molecule has 9 heteroatoms. The molecule has 0 atom stereocenters. The third-order valence-electron chi connectivity index (χ3n) is 1.32. The van der Waals surface area contributed by atoms with Crippen molar-refractivity contribution < 1.29 is 12.8 Å². The molecular formula is C6H7BrClN2O2S3+. The number of rotatable bonds is 2. The van der Waals surface area contributed by atoms with Gasteiger partial charge in [-0.1, -0.05) is 11.6 Å². The molecule has 1 heterocycles. The Kier molecular flexibility index (Phi) is 4.48. The molecule has 0 amide bonds. The Morgan fingerprint density at radius 1 is 1.73 bits per heavy atom. The fraction of sp³-hybridized carbons (Fsp3) is 0.167. The Morgan fingerprint density at radius 2 is 2.33 bits per heavy atom. The zero-order valence-corrected chi connectivity index (χ0v) is 12.2. The molecule has 15 heavy (non-hydrogen) atoms. The smallest absolute Gasteiger partial charge is 0.281 e. The highest BCUT2D eigenvalue weighted by Crippen LogP contribution is 2.33. The molecule has 1 aromatic heterocycles. The van der Waals surface area contributed by atoms with Gasteiger partial charge in [0.2, 0.25) is 0 Å². The zero-order chi connectivity index (χ0) is 11.6. The number of sulfonamides is 1. The molecule has 1 rings (SSSR count). The van der Waals surface area contributed by atoms with E-state index in [4.69, 9.17) is 17.3 Å². The standard InChI is InChI=1S/C6H6BrClN2O2S3/c1-13-6(9)10-15(11,12)5-3(7)2-4(8)14-5/h2H,1H3,(H2,9,10)/p+1. The van der Waals surface area contributed by atoms with Crippen molar-refractivity contribution in [3.63, 3.8) is 0 Å². The highest BCUT2D eigenvalue weighted by molar-refractivity contribution is 9.10. The van der Waals surface area contributed by atoms with E-state index in [-0.39, 0.29) is 9.38 Å². The van der Waals surface area contributed by atoms with Gasteiger partial charge in [0.1, 0.15) is 0 Å². The van der Waals surface area contributed by atoms with Crippen LogP contribution in [0, 0.1) is 0 Å². The van der Waals surface area contributed by atoms with Gasteiger partial charge in [-0.25, -0.2) is 0 Å². The summed E-state index contributed by atoms with van der Waals surface area (Å²) in [5, 5.41) is 0.117. The molecule has 4 nitrogen and oxygen atoms in total. The molecule has 0 aliphatic rings. The Hall–Kier alpha value is 0.240. The van der Waals surface area contributed by atoms with E-state index in [0.717, 1.165) is 23.1 Å². The average molecular weight is 351 g/mol. The minimum absolute atomic E-state index is 0.115. The van der Waals surface area contributed by atoms with E-state index in [1.54, 1.807) is 6.26 Å². The Morgan fingerprint density at radius 3 is 2.73 bits per heavy atom. The van der Waals surface area contributed by atoms with E-state index in [2.05, 4.69) is 20.3 Å². The van der Waals surface area contributed by atoms with E-state index in [1.165, 1.54) is 6.07 Å². The third kappa shape index (κ3) is 3.35. The van der Waals surface area contributed by atoms with Gasteiger partial charge >= 0.3 is 15.2 Å². The number of amidine groups is 1. The van der Waals surface area contributed by atoms with Crippen LogP contribution in [-0.2, 0) is 10.0 Å². The maximum Gasteiger partial charge on any atom is 0.340 e. The summed E-state index contributed by atoms with van der Waals surface area (Å²) < 4.78 is 26.6. The van der Waals surface area contributed by atoms with E-state index in [0.29, 0.717) is 8.81 Å². The summed E-state index contributed by atoms with van der Waals surface area (Å²) in [6.45, 7) is 0. The Labute approximate surface area is 109 Å². The minimum Gasteiger partial charge on any atom is -0.281 e. The molecule has 0 aliphatic carbocycles. The maximum atomic E-state index is 11.7. The van der Waals surface area contributed by atoms with Gasteiger partial charge in [-0.05, 0) is 40.0 Å². The highest BCUT2D eigenvalue weighted by atomic mass is 79.9. The predicted molar refractivity (Wildman–Crippen MR) is 67.9 cm³/mol. The minimum atomic E-state index is -3.63. The second-order valence-corrected chi connectivity index (χ2v) is 7.62. The van der Waals surface area contributed by atoms with Crippen LogP contribution < -0.4 is 10.1 Å². The van der Waals surface area contributed by atoms with E-state index < -0.39 is 10.0 Å². The first kappa shape index (κ1) is 13.3. The molecular weight excluding hydrogens is 344 g/mol. The molecule has 0 fully saturated rings. The van der Waals surface area contributed by atoms with Crippen LogP contribution in [0.4, 0.5) is 0 Å². The quantitative estimate of drug-likeness (QED) is 0.605. The first-order chi connectivity index (χ1) is 6.86. The van der Waals surface area contributed by atoms with Gasteiger partial charge in [0.05, 0.1) is 8.81 Å². The lowest BCUT2D eigenvalue weighted by atomic mass is 10.7. The Balaban J connectivity index is 3.24. The van der Waals surface area contributed by atoms with Gasteiger partial charge in [-0.2, -0.15) is 12.8 Å². The van der Waals surface area contributed by atoms with Gasteiger partial charge in [0.25, 0.3) is 0 Å². The summed E-state index contributed by atoms with van der Waals surface area (Å²) in [7, 11) is -3.63. The van der Waals surface area contributed by atoms with Crippen molar-refractivity contribution in [2.45, 2.75) is 4.21 Å². The normalized spacial score (nSPS) is 13.1. The van der Waals surface area contributed by atoms with Crippen LogP contribution in [0.5, 0.6) is 0 Å². The molecule has 0 unspecified atom stereocenters. The van der Waals surface area contributed by atoms with Crippen molar-refractivity contribution in [1.29, 1.82) is 0 Å². The molecule has 0 radical (unpaired) electrons. The van der Waals surface area contributed by atoms with E-state index >= 15 is 0 Å². The number of hydrogen-bond acceptors (Lipinski definition) is 4. The van der Waals surface area contributed by atoms with Crippen molar-refractivity contribution in [2.24, 2.45) is 5.73 Å². The van der Waals surface area contributed by atoms with Crippen molar-refractivity contribution in [1.82, 2.24) is 0 Å². The van der Waals surface area contributed by atoms with Crippen molar-refractivity contribution in [3.05, 3.63) is 14.9 Å². The topological polar surface area (TPSA) is 74.1 Å². The second kappa shape index (κ2) is 5.05. The molecule has 0 saturated carbocycles. The zero-order valence-electron chi connectivity index (χ0n) is 7.45. The Bertz CT molecular complexity index is 496. The van der Waals surface area contributed by atoms with Crippen molar-refractivity contribution >= 4 is 65.8 Å². The number of nitrogens with two attached hydrogens (primary N) is 1. The predicted octanol–water partition coefficient (Wildman–Crippen LogP) is 0.611. The molecule has 0 aliphatic heterocycles. The van der Waals surface area contributed by atoms with Crippen LogP contribution in [0.25, 0.3) is 0 Å². The molecule has 0 saturated heterocycles. The lowest BCUT2D eigenvalue weighted by molar-refractivity contribution is -0.264. The van der Waals surface area contributed by atoms with Gasteiger partial charge in [0.15, 0.2) is 4.21 Å². The fourth-order valence-electron chi connectivity index (χ4n) is 0.729. The summed E-state index contributed by atoms with van der Waals surface area (Å²) in [4.78, 5) is 0. The fourth-order valence-corrected chi connectivity index (χ4v) is 5.28.